The third-order valence-corrected chi connectivity index (χ3v) is 4.47. The maximum absolute atomic E-state index is 12.3. The van der Waals surface area contributed by atoms with Crippen LogP contribution in [0.1, 0.15) is 23.0 Å². The van der Waals surface area contributed by atoms with Crippen LogP contribution >= 0.6 is 0 Å². The molecule has 6 nitrogen and oxygen atoms in total. The molecule has 6 heteroatoms. The Balaban J connectivity index is 1.57. The van der Waals surface area contributed by atoms with Crippen LogP contribution in [0.2, 0.25) is 0 Å². The fourth-order valence-corrected chi connectivity index (χ4v) is 3.15. The molecule has 1 aromatic heterocycles. The molecule has 0 aliphatic carbocycles. The van der Waals surface area contributed by atoms with Crippen molar-refractivity contribution in [2.45, 2.75) is 13.5 Å². The van der Waals surface area contributed by atoms with Crippen molar-refractivity contribution in [3.63, 3.8) is 0 Å². The number of furan rings is 1. The fraction of sp³-hybridized carbons (Fsp3) is 0.421. The van der Waals surface area contributed by atoms with Crippen LogP contribution in [-0.4, -0.2) is 50.7 Å². The number of nitrogens with zero attached hydrogens (tertiary/aromatic N) is 1. The molecule has 0 saturated carbocycles. The highest BCUT2D eigenvalue weighted by Gasteiger charge is 2.26. The summed E-state index contributed by atoms with van der Waals surface area (Å²) in [4.78, 5) is 15.6. The van der Waals surface area contributed by atoms with Gasteiger partial charge in [-0.1, -0.05) is 0 Å². The van der Waals surface area contributed by atoms with Crippen LogP contribution < -0.4 is 14.4 Å². The smallest absolute Gasteiger partial charge is 0.289 e. The molecule has 0 spiro atoms. The Hall–Kier alpha value is -2.47. The zero-order valence-electron chi connectivity index (χ0n) is 14.8. The SMILES string of the molecule is CCOc1cc(C[NH+]2CCN(C(=O)c3ccco3)CC2)ccc1OC. The Bertz CT molecular complexity index is 691. The number of carbonyl (C=O) groups is 1. The summed E-state index contributed by atoms with van der Waals surface area (Å²) in [5.74, 6) is 1.94. The molecule has 1 fully saturated rings. The van der Waals surface area contributed by atoms with E-state index >= 15 is 0 Å². The standard InChI is InChI=1S/C19H24N2O4/c1-3-24-18-13-15(6-7-16(18)23-2)14-20-8-10-21(11-9-20)19(22)17-5-4-12-25-17/h4-7,12-13H,3,8-11,14H2,1-2H3/p+1. The van der Waals surface area contributed by atoms with E-state index < -0.39 is 0 Å². The average Bonchev–Trinajstić information content (AvgIpc) is 3.17. The van der Waals surface area contributed by atoms with Crippen molar-refractivity contribution in [2.75, 3.05) is 39.9 Å². The molecule has 3 rings (SSSR count). The maximum atomic E-state index is 12.3. The van der Waals surface area contributed by atoms with Crippen LogP contribution in [0.3, 0.4) is 0 Å². The zero-order chi connectivity index (χ0) is 17.6. The number of benzene rings is 1. The van der Waals surface area contributed by atoms with Gasteiger partial charge in [0.15, 0.2) is 17.3 Å². The number of quaternary nitrogens is 1. The lowest BCUT2D eigenvalue weighted by molar-refractivity contribution is -0.917. The van der Waals surface area contributed by atoms with E-state index in [4.69, 9.17) is 13.9 Å². The lowest BCUT2D eigenvalue weighted by Gasteiger charge is -2.31. The monoisotopic (exact) mass is 345 g/mol. The minimum absolute atomic E-state index is 0.0212. The molecule has 1 aromatic carbocycles. The van der Waals surface area contributed by atoms with Crippen molar-refractivity contribution in [1.82, 2.24) is 4.90 Å². The highest BCUT2D eigenvalue weighted by atomic mass is 16.5. The first kappa shape index (κ1) is 17.4. The molecule has 1 amide bonds. The number of amides is 1. The van der Waals surface area contributed by atoms with Gasteiger partial charge >= 0.3 is 0 Å². The Labute approximate surface area is 147 Å². The molecular weight excluding hydrogens is 320 g/mol. The summed E-state index contributed by atoms with van der Waals surface area (Å²) < 4.78 is 16.2. The molecule has 1 N–H and O–H groups in total. The second-order valence-electron chi connectivity index (χ2n) is 6.11. The number of rotatable bonds is 6. The molecule has 2 heterocycles. The Morgan fingerprint density at radius 3 is 2.68 bits per heavy atom. The molecule has 0 unspecified atom stereocenters. The van der Waals surface area contributed by atoms with Crippen LogP contribution in [-0.2, 0) is 6.54 Å². The topological polar surface area (TPSA) is 56.4 Å². The van der Waals surface area contributed by atoms with Crippen LogP contribution in [0, 0.1) is 0 Å². The minimum atomic E-state index is -0.0212. The van der Waals surface area contributed by atoms with Gasteiger partial charge < -0.3 is 23.7 Å². The number of ether oxygens (including phenoxy) is 2. The first-order chi connectivity index (χ1) is 12.2. The molecule has 2 aromatic rings. The molecular formula is C19H25N2O4+. The van der Waals surface area contributed by atoms with Gasteiger partial charge in [-0.2, -0.15) is 0 Å². The predicted octanol–water partition coefficient (Wildman–Crippen LogP) is 1.23. The average molecular weight is 345 g/mol. The lowest BCUT2D eigenvalue weighted by atomic mass is 10.1. The third-order valence-electron chi connectivity index (χ3n) is 4.47. The summed E-state index contributed by atoms with van der Waals surface area (Å²) in [6, 6.07) is 9.55. The van der Waals surface area contributed by atoms with Crippen LogP contribution in [0.4, 0.5) is 0 Å². The highest BCUT2D eigenvalue weighted by molar-refractivity contribution is 5.91. The molecule has 1 aliphatic heterocycles. The first-order valence-electron chi connectivity index (χ1n) is 8.67. The van der Waals surface area contributed by atoms with E-state index in [0.29, 0.717) is 12.4 Å². The van der Waals surface area contributed by atoms with Crippen molar-refractivity contribution in [2.24, 2.45) is 0 Å². The Morgan fingerprint density at radius 2 is 2.04 bits per heavy atom. The number of carbonyl (C=O) groups excluding carboxylic acids is 1. The largest absolute Gasteiger partial charge is 0.493 e. The molecule has 1 saturated heterocycles. The molecule has 134 valence electrons. The van der Waals surface area contributed by atoms with Crippen molar-refractivity contribution in [1.29, 1.82) is 0 Å². The number of methoxy groups -OCH3 is 1. The van der Waals surface area contributed by atoms with Gasteiger partial charge in [-0.05, 0) is 37.3 Å². The fourth-order valence-electron chi connectivity index (χ4n) is 3.15. The van der Waals surface area contributed by atoms with E-state index in [1.54, 1.807) is 19.2 Å². The summed E-state index contributed by atoms with van der Waals surface area (Å²) in [5, 5.41) is 0. The second-order valence-corrected chi connectivity index (χ2v) is 6.11. The minimum Gasteiger partial charge on any atom is -0.493 e. The van der Waals surface area contributed by atoms with E-state index in [-0.39, 0.29) is 5.91 Å². The summed E-state index contributed by atoms with van der Waals surface area (Å²) in [6.45, 7) is 6.80. The van der Waals surface area contributed by atoms with Gasteiger partial charge in [0.25, 0.3) is 5.91 Å². The summed E-state index contributed by atoms with van der Waals surface area (Å²) in [7, 11) is 1.65. The summed E-state index contributed by atoms with van der Waals surface area (Å²) >= 11 is 0. The van der Waals surface area contributed by atoms with E-state index in [1.807, 2.05) is 17.9 Å². The number of hydrogen-bond donors (Lipinski definition) is 1. The maximum Gasteiger partial charge on any atom is 0.289 e. The molecule has 0 radical (unpaired) electrons. The van der Waals surface area contributed by atoms with Crippen LogP contribution in [0.5, 0.6) is 11.5 Å². The van der Waals surface area contributed by atoms with Gasteiger partial charge in [0.2, 0.25) is 0 Å². The molecule has 0 atom stereocenters. The Morgan fingerprint density at radius 1 is 1.24 bits per heavy atom. The van der Waals surface area contributed by atoms with Crippen molar-refractivity contribution < 1.29 is 23.6 Å². The van der Waals surface area contributed by atoms with E-state index in [0.717, 1.165) is 44.2 Å². The highest BCUT2D eigenvalue weighted by Crippen LogP contribution is 2.27. The van der Waals surface area contributed by atoms with Gasteiger partial charge in [-0.3, -0.25) is 4.79 Å². The summed E-state index contributed by atoms with van der Waals surface area (Å²) in [6.07, 6.45) is 1.54. The number of nitrogens with one attached hydrogen (secondary N) is 1. The first-order valence-corrected chi connectivity index (χ1v) is 8.67. The van der Waals surface area contributed by atoms with Gasteiger partial charge in [-0.25, -0.2) is 0 Å². The van der Waals surface area contributed by atoms with Gasteiger partial charge in [0.05, 0.1) is 46.2 Å². The Kier molecular flexibility index (Phi) is 5.60. The van der Waals surface area contributed by atoms with Gasteiger partial charge in [0, 0.05) is 5.56 Å². The summed E-state index contributed by atoms with van der Waals surface area (Å²) in [5.41, 5.74) is 1.21. The van der Waals surface area contributed by atoms with Gasteiger partial charge in [-0.15, -0.1) is 0 Å². The normalized spacial score (nSPS) is 15.2. The second kappa shape index (κ2) is 8.07. The van der Waals surface area contributed by atoms with Crippen molar-refractivity contribution in [3.8, 4) is 11.5 Å². The predicted molar refractivity (Wildman–Crippen MR) is 93.2 cm³/mol. The van der Waals surface area contributed by atoms with E-state index in [2.05, 4.69) is 12.1 Å². The lowest BCUT2D eigenvalue weighted by Crippen LogP contribution is -3.13. The van der Waals surface area contributed by atoms with Crippen LogP contribution in [0.25, 0.3) is 0 Å². The molecule has 1 aliphatic rings. The van der Waals surface area contributed by atoms with E-state index in [1.165, 1.54) is 16.7 Å². The quantitative estimate of drug-likeness (QED) is 0.856. The van der Waals surface area contributed by atoms with E-state index in [9.17, 15) is 4.79 Å². The van der Waals surface area contributed by atoms with Crippen molar-refractivity contribution in [3.05, 3.63) is 47.9 Å². The number of piperazine rings is 1. The van der Waals surface area contributed by atoms with Crippen LogP contribution in [0.15, 0.2) is 41.0 Å². The molecule has 0 bridgehead atoms. The molecule has 25 heavy (non-hydrogen) atoms. The number of hydrogen-bond acceptors (Lipinski definition) is 4. The van der Waals surface area contributed by atoms with Gasteiger partial charge in [0.1, 0.15) is 6.54 Å². The third kappa shape index (κ3) is 4.14. The van der Waals surface area contributed by atoms with Crippen molar-refractivity contribution >= 4 is 5.91 Å². The zero-order valence-corrected chi connectivity index (χ0v) is 14.8.